The molecule has 1 aromatic carbocycles. The fourth-order valence-corrected chi connectivity index (χ4v) is 1.54. The molecule has 1 unspecified atom stereocenters. The van der Waals surface area contributed by atoms with E-state index in [0.29, 0.717) is 0 Å². The van der Waals surface area contributed by atoms with Crippen molar-refractivity contribution in [3.8, 4) is 0 Å². The molecule has 0 heterocycles. The van der Waals surface area contributed by atoms with Crippen LogP contribution in [-0.2, 0) is 0 Å². The molecule has 1 N–H and O–H groups in total. The Kier molecular flexibility index (Phi) is 2.03. The number of nitrogens with one attached hydrogen (secondary N) is 1. The van der Waals surface area contributed by atoms with E-state index in [-0.39, 0.29) is 0 Å². The van der Waals surface area contributed by atoms with Crippen LogP contribution in [0.3, 0.4) is 0 Å². The summed E-state index contributed by atoms with van der Waals surface area (Å²) in [4.78, 5) is 0. The lowest BCUT2D eigenvalue weighted by atomic mass is 10.4. The summed E-state index contributed by atoms with van der Waals surface area (Å²) in [5.74, 6) is 0. The van der Waals surface area contributed by atoms with Gasteiger partial charge in [0.25, 0.3) is 0 Å². The Hall–Kier alpha value is -0.603. The van der Waals surface area contributed by atoms with Crippen LogP contribution < -0.4 is 10.6 Å². The number of benzene rings is 1. The van der Waals surface area contributed by atoms with E-state index in [1.807, 2.05) is 36.9 Å². The maximum atomic E-state index is 7.46. The Morgan fingerprint density at radius 1 is 1.22 bits per heavy atom. The molecule has 0 aliphatic carbocycles. The first-order chi connectivity index (χ1) is 4.30. The molecular weight excluding hydrogens is 126 g/mol. The molecule has 0 aliphatic heterocycles. The lowest BCUT2D eigenvalue weighted by Crippen LogP contribution is -2.27. The molecule has 1 rings (SSSR count). The number of hydrogen-bond acceptors (Lipinski definition) is 0. The average Bonchev–Trinajstić information content (AvgIpc) is 1.90. The Labute approximate surface area is 57.2 Å². The van der Waals surface area contributed by atoms with Gasteiger partial charge < -0.3 is 0 Å². The van der Waals surface area contributed by atoms with Crippen LogP contribution in [0.15, 0.2) is 30.3 Å². The van der Waals surface area contributed by atoms with Gasteiger partial charge in [-0.15, -0.1) is 0 Å². The summed E-state index contributed by atoms with van der Waals surface area (Å²) in [5, 5.41) is 8.68. The van der Waals surface area contributed by atoms with E-state index in [1.54, 1.807) is 0 Å². The van der Waals surface area contributed by atoms with Gasteiger partial charge in [0, 0.05) is 0 Å². The molecule has 0 aliphatic rings. The van der Waals surface area contributed by atoms with Gasteiger partial charge in [0.05, 0.1) is 0 Å². The number of rotatable bonds is 1. The first-order valence-corrected chi connectivity index (χ1v) is 5.37. The second-order valence-electron chi connectivity index (χ2n) is 2.13. The van der Waals surface area contributed by atoms with Crippen LogP contribution >= 0.6 is 0 Å². The van der Waals surface area contributed by atoms with E-state index >= 15 is 0 Å². The molecule has 47 valence electrons. The second-order valence-corrected chi connectivity index (χ2v) is 4.24. The maximum Gasteiger partial charge on any atom is 0.152 e. The fraction of sp³-hybridized carbons (Fsp3) is 0.143. The zero-order valence-corrected chi connectivity index (χ0v) is 6.62. The van der Waals surface area contributed by atoms with Crippen molar-refractivity contribution in [1.29, 1.82) is 0 Å². The van der Waals surface area contributed by atoms with E-state index in [1.165, 1.54) is 5.19 Å². The van der Waals surface area contributed by atoms with Gasteiger partial charge in [-0.3, -0.25) is 5.40 Å². The van der Waals surface area contributed by atoms with Crippen molar-refractivity contribution in [2.75, 3.05) is 0 Å². The summed E-state index contributed by atoms with van der Waals surface area (Å²) in [7, 11) is -1.28. The van der Waals surface area contributed by atoms with Crippen molar-refractivity contribution < 1.29 is 0 Å². The third kappa shape index (κ3) is 1.66. The Morgan fingerprint density at radius 3 is 2.11 bits per heavy atom. The average molecular weight is 136 g/mol. The van der Waals surface area contributed by atoms with E-state index in [9.17, 15) is 0 Å². The van der Waals surface area contributed by atoms with Gasteiger partial charge in [-0.25, -0.2) is 0 Å². The van der Waals surface area contributed by atoms with E-state index in [4.69, 9.17) is 5.40 Å². The highest BCUT2D eigenvalue weighted by Gasteiger charge is 1.97. The Morgan fingerprint density at radius 2 is 1.78 bits per heavy atom. The largest absolute Gasteiger partial charge is 0.283 e. The highest BCUT2D eigenvalue weighted by Crippen LogP contribution is 1.83. The third-order valence-electron chi connectivity index (χ3n) is 1.30. The predicted octanol–water partition coefficient (Wildman–Crippen LogP) is 0.530. The molecule has 0 aromatic heterocycles. The van der Waals surface area contributed by atoms with Crippen molar-refractivity contribution >= 4 is 14.1 Å². The summed E-state index contributed by atoms with van der Waals surface area (Å²) in [5.41, 5.74) is 0. The molecule has 0 saturated heterocycles. The molecule has 1 radical (unpaired) electrons. The van der Waals surface area contributed by atoms with Crippen LogP contribution in [0.2, 0.25) is 6.55 Å². The summed E-state index contributed by atoms with van der Waals surface area (Å²) in [6, 6.07) is 10.0. The molecule has 2 heteroatoms. The van der Waals surface area contributed by atoms with Gasteiger partial charge in [0.1, 0.15) is 0 Å². The minimum atomic E-state index is -1.28. The quantitative estimate of drug-likeness (QED) is 0.503. The van der Waals surface area contributed by atoms with E-state index in [2.05, 4.69) is 0 Å². The third-order valence-corrected chi connectivity index (χ3v) is 2.68. The molecule has 1 aromatic rings. The van der Waals surface area contributed by atoms with E-state index in [0.717, 1.165) is 0 Å². The minimum absolute atomic E-state index is 1.22. The molecular formula is C7H10NSi. The Balaban J connectivity index is 2.85. The van der Waals surface area contributed by atoms with Gasteiger partial charge in [-0.1, -0.05) is 36.9 Å². The summed E-state index contributed by atoms with van der Waals surface area (Å²) >= 11 is 0. The Bertz CT molecular complexity index is 172. The van der Waals surface area contributed by atoms with Crippen LogP contribution in [-0.4, -0.2) is 8.96 Å². The highest BCUT2D eigenvalue weighted by molar-refractivity contribution is 6.68. The molecule has 0 fully saturated rings. The molecule has 0 saturated carbocycles. The minimum Gasteiger partial charge on any atom is -0.283 e. The first kappa shape index (κ1) is 6.52. The monoisotopic (exact) mass is 136 g/mol. The second kappa shape index (κ2) is 2.80. The zero-order valence-electron chi connectivity index (χ0n) is 5.46. The van der Waals surface area contributed by atoms with Crippen molar-refractivity contribution in [1.82, 2.24) is 5.40 Å². The van der Waals surface area contributed by atoms with Gasteiger partial charge in [0.2, 0.25) is 0 Å². The maximum absolute atomic E-state index is 7.46. The van der Waals surface area contributed by atoms with Crippen LogP contribution in [0.4, 0.5) is 0 Å². The lowest BCUT2D eigenvalue weighted by Gasteiger charge is -1.98. The molecule has 0 amide bonds. The van der Waals surface area contributed by atoms with Crippen LogP contribution in [0.25, 0.3) is 0 Å². The summed E-state index contributed by atoms with van der Waals surface area (Å²) in [6.45, 7) is 2.01. The molecule has 1 nitrogen and oxygen atoms in total. The van der Waals surface area contributed by atoms with Crippen molar-refractivity contribution in [2.45, 2.75) is 6.55 Å². The van der Waals surface area contributed by atoms with Crippen molar-refractivity contribution in [2.24, 2.45) is 0 Å². The summed E-state index contributed by atoms with van der Waals surface area (Å²) < 4.78 is 0. The van der Waals surface area contributed by atoms with Crippen molar-refractivity contribution in [3.63, 3.8) is 0 Å². The first-order valence-electron chi connectivity index (χ1n) is 3.07. The molecule has 1 atom stereocenters. The topological polar surface area (TPSA) is 23.8 Å². The molecule has 0 spiro atoms. The standard InChI is InChI=1S/C7H10NSi/c1-9(8)7-5-3-2-4-6-7/h2-6,8-9H,1H3. The normalized spacial score (nSPS) is 13.1. The fourth-order valence-electron chi connectivity index (χ4n) is 0.742. The zero-order chi connectivity index (χ0) is 6.69. The number of hydrogen-bond donors (Lipinski definition) is 0. The van der Waals surface area contributed by atoms with Gasteiger partial charge in [0.15, 0.2) is 8.96 Å². The molecule has 0 bridgehead atoms. The predicted molar refractivity (Wildman–Crippen MR) is 42.2 cm³/mol. The van der Waals surface area contributed by atoms with Crippen LogP contribution in [0.1, 0.15) is 0 Å². The highest BCUT2D eigenvalue weighted by atomic mass is 28.3. The van der Waals surface area contributed by atoms with E-state index < -0.39 is 8.96 Å². The smallest absolute Gasteiger partial charge is 0.152 e. The van der Waals surface area contributed by atoms with Gasteiger partial charge in [-0.05, 0) is 5.19 Å². The lowest BCUT2D eigenvalue weighted by molar-refractivity contribution is 1.66. The van der Waals surface area contributed by atoms with Gasteiger partial charge in [-0.2, -0.15) is 0 Å². The molecule has 9 heavy (non-hydrogen) atoms. The SMILES string of the molecule is C[SiH]([NH])c1ccccc1. The van der Waals surface area contributed by atoms with Crippen molar-refractivity contribution in [3.05, 3.63) is 30.3 Å². The van der Waals surface area contributed by atoms with Gasteiger partial charge >= 0.3 is 0 Å². The van der Waals surface area contributed by atoms with Crippen LogP contribution in [0, 0.1) is 0 Å². The van der Waals surface area contributed by atoms with Crippen LogP contribution in [0.5, 0.6) is 0 Å². The summed E-state index contributed by atoms with van der Waals surface area (Å²) in [6.07, 6.45) is 0.